The Hall–Kier alpha value is -5.39. The molecule has 1 fully saturated rings. The number of nitrogens with zero attached hydrogens (tertiary/aromatic N) is 2. The molecule has 2 amide bonds. The SMILES string of the molecule is CC(=O)Nc1ccc(SC[C@@H]2C[C@H](c3ccc(CO)cc3)O[C@H](c3ccc(-c4ccccc4CNC(=O)c4cnc5ccccc5n4)cc3)O2)cc1. The second-order valence-corrected chi connectivity index (χ2v) is 13.7. The maximum atomic E-state index is 13.0. The van der Waals surface area contributed by atoms with Gasteiger partial charge < -0.3 is 25.2 Å². The molecule has 262 valence electrons. The molecule has 0 saturated carbocycles. The van der Waals surface area contributed by atoms with Crippen LogP contribution in [0.1, 0.15) is 58.5 Å². The lowest BCUT2D eigenvalue weighted by molar-refractivity contribution is -0.245. The number of hydrogen-bond acceptors (Lipinski definition) is 8. The number of anilines is 1. The molecular weight excluding hydrogens is 673 g/mol. The highest BCUT2D eigenvalue weighted by Crippen LogP contribution is 2.40. The number of para-hydroxylation sites is 2. The minimum absolute atomic E-state index is 0.0154. The summed E-state index contributed by atoms with van der Waals surface area (Å²) in [6.45, 7) is 1.80. The quantitative estimate of drug-likeness (QED) is 0.116. The fraction of sp³-hybridized carbons (Fsp3) is 0.190. The smallest absolute Gasteiger partial charge is 0.271 e. The van der Waals surface area contributed by atoms with E-state index in [4.69, 9.17) is 9.47 Å². The first-order valence-electron chi connectivity index (χ1n) is 17.1. The highest BCUT2D eigenvalue weighted by atomic mass is 32.2. The van der Waals surface area contributed by atoms with Gasteiger partial charge in [-0.3, -0.25) is 14.6 Å². The van der Waals surface area contributed by atoms with Gasteiger partial charge in [-0.05, 0) is 64.2 Å². The van der Waals surface area contributed by atoms with Gasteiger partial charge in [-0.2, -0.15) is 0 Å². The van der Waals surface area contributed by atoms with Crippen LogP contribution in [-0.4, -0.2) is 38.7 Å². The Morgan fingerprint density at radius 1 is 0.827 bits per heavy atom. The van der Waals surface area contributed by atoms with E-state index in [1.807, 2.05) is 109 Å². The number of amides is 2. The second-order valence-electron chi connectivity index (χ2n) is 12.6. The fourth-order valence-corrected chi connectivity index (χ4v) is 7.08. The van der Waals surface area contributed by atoms with Gasteiger partial charge in [-0.15, -0.1) is 11.8 Å². The topological polar surface area (TPSA) is 123 Å². The van der Waals surface area contributed by atoms with Gasteiger partial charge in [0, 0.05) is 41.8 Å². The Bertz CT molecular complexity index is 2160. The van der Waals surface area contributed by atoms with Crippen molar-refractivity contribution in [1.82, 2.24) is 15.3 Å². The number of thioether (sulfide) groups is 1. The molecule has 9 nitrogen and oxygen atoms in total. The predicted octanol–water partition coefficient (Wildman–Crippen LogP) is 8.02. The molecule has 1 saturated heterocycles. The standard InChI is InChI=1S/C42H38N4O5S/c1-27(48)45-33-18-20-35(21-19-33)52-26-34-22-40(30-12-10-28(25-47)11-13-30)51-42(50-34)31-16-14-29(15-17-31)36-7-3-2-6-32(36)23-44-41(49)39-24-43-37-8-4-5-9-38(37)46-39/h2-21,24,34,40,42,47H,22-23,25-26H2,1H3,(H,44,49)(H,45,48)/t34-,40+,42+/m0/s1. The summed E-state index contributed by atoms with van der Waals surface area (Å²) in [7, 11) is 0. The van der Waals surface area contributed by atoms with Crippen molar-refractivity contribution in [3.63, 3.8) is 0 Å². The average Bonchev–Trinajstić information content (AvgIpc) is 3.19. The van der Waals surface area contributed by atoms with Crippen molar-refractivity contribution < 1.29 is 24.2 Å². The molecule has 52 heavy (non-hydrogen) atoms. The maximum Gasteiger partial charge on any atom is 0.271 e. The van der Waals surface area contributed by atoms with E-state index >= 15 is 0 Å². The van der Waals surface area contributed by atoms with Crippen molar-refractivity contribution in [2.24, 2.45) is 0 Å². The van der Waals surface area contributed by atoms with E-state index in [9.17, 15) is 14.7 Å². The van der Waals surface area contributed by atoms with E-state index in [1.165, 1.54) is 13.1 Å². The van der Waals surface area contributed by atoms with Crippen LogP contribution in [0.2, 0.25) is 0 Å². The zero-order valence-electron chi connectivity index (χ0n) is 28.6. The molecule has 0 aliphatic carbocycles. The lowest BCUT2D eigenvalue weighted by Crippen LogP contribution is -2.31. The number of aliphatic hydroxyl groups excluding tert-OH is 1. The van der Waals surface area contributed by atoms with E-state index < -0.39 is 6.29 Å². The van der Waals surface area contributed by atoms with Crippen LogP contribution in [0.25, 0.3) is 22.2 Å². The van der Waals surface area contributed by atoms with Crippen LogP contribution in [0, 0.1) is 0 Å². The van der Waals surface area contributed by atoms with Crippen LogP contribution in [0.5, 0.6) is 0 Å². The summed E-state index contributed by atoms with van der Waals surface area (Å²) < 4.78 is 13.1. The lowest BCUT2D eigenvalue weighted by atomic mass is 9.97. The van der Waals surface area contributed by atoms with Crippen LogP contribution in [0.15, 0.2) is 132 Å². The Morgan fingerprint density at radius 3 is 2.29 bits per heavy atom. The highest BCUT2D eigenvalue weighted by molar-refractivity contribution is 7.99. The molecule has 0 spiro atoms. The van der Waals surface area contributed by atoms with Crippen molar-refractivity contribution in [3.8, 4) is 11.1 Å². The molecule has 2 heterocycles. The van der Waals surface area contributed by atoms with Gasteiger partial charge >= 0.3 is 0 Å². The summed E-state index contributed by atoms with van der Waals surface area (Å²) in [5, 5.41) is 15.4. The number of hydrogen-bond donors (Lipinski definition) is 3. The summed E-state index contributed by atoms with van der Waals surface area (Å²) >= 11 is 1.70. The van der Waals surface area contributed by atoms with Crippen LogP contribution in [0.3, 0.4) is 0 Å². The Labute approximate surface area is 306 Å². The first-order valence-corrected chi connectivity index (χ1v) is 18.1. The Balaban J connectivity index is 1.05. The first-order chi connectivity index (χ1) is 25.4. The van der Waals surface area contributed by atoms with Gasteiger partial charge in [0.1, 0.15) is 5.69 Å². The van der Waals surface area contributed by atoms with Crippen molar-refractivity contribution in [1.29, 1.82) is 0 Å². The third kappa shape index (κ3) is 8.55. The van der Waals surface area contributed by atoms with Gasteiger partial charge in [0.25, 0.3) is 5.91 Å². The molecule has 0 radical (unpaired) electrons. The largest absolute Gasteiger partial charge is 0.392 e. The van der Waals surface area contributed by atoms with Gasteiger partial charge in [0.05, 0.1) is 36.0 Å². The Kier molecular flexibility index (Phi) is 11.0. The van der Waals surface area contributed by atoms with E-state index in [2.05, 4.69) is 32.7 Å². The van der Waals surface area contributed by atoms with Gasteiger partial charge in [0.2, 0.25) is 5.91 Å². The zero-order valence-corrected chi connectivity index (χ0v) is 29.4. The molecule has 1 aliphatic heterocycles. The molecule has 1 aliphatic rings. The first kappa shape index (κ1) is 35.0. The molecular formula is C42H38N4O5S. The maximum absolute atomic E-state index is 13.0. The minimum Gasteiger partial charge on any atom is -0.392 e. The molecule has 5 aromatic carbocycles. The molecule has 0 unspecified atom stereocenters. The molecule has 10 heteroatoms. The van der Waals surface area contributed by atoms with Crippen molar-refractivity contribution in [3.05, 3.63) is 155 Å². The summed E-state index contributed by atoms with van der Waals surface area (Å²) in [6.07, 6.45) is 1.29. The van der Waals surface area contributed by atoms with Crippen LogP contribution >= 0.6 is 11.8 Å². The van der Waals surface area contributed by atoms with Crippen LogP contribution in [0.4, 0.5) is 5.69 Å². The summed E-state index contributed by atoms with van der Waals surface area (Å²) in [5.74, 6) is 0.326. The highest BCUT2D eigenvalue weighted by Gasteiger charge is 2.32. The van der Waals surface area contributed by atoms with Crippen molar-refractivity contribution >= 4 is 40.3 Å². The number of ether oxygens (including phenoxy) is 2. The third-order valence-electron chi connectivity index (χ3n) is 8.86. The zero-order chi connectivity index (χ0) is 35.9. The number of aliphatic hydroxyl groups is 1. The number of fused-ring (bicyclic) bond motifs is 1. The molecule has 0 bridgehead atoms. The summed E-state index contributed by atoms with van der Waals surface area (Å²) in [5.41, 5.74) is 8.20. The monoisotopic (exact) mass is 710 g/mol. The number of carbonyl (C=O) groups is 2. The van der Waals surface area contributed by atoms with E-state index in [-0.39, 0.29) is 36.3 Å². The predicted molar refractivity (Wildman–Crippen MR) is 202 cm³/mol. The molecule has 3 N–H and O–H groups in total. The molecule has 1 aromatic heterocycles. The number of benzene rings is 5. The Morgan fingerprint density at radius 2 is 1.54 bits per heavy atom. The van der Waals surface area contributed by atoms with Crippen molar-refractivity contribution in [2.75, 3.05) is 11.1 Å². The van der Waals surface area contributed by atoms with Gasteiger partial charge in [0.15, 0.2) is 6.29 Å². The second kappa shape index (κ2) is 16.3. The van der Waals surface area contributed by atoms with Crippen molar-refractivity contribution in [2.45, 2.75) is 49.9 Å². The summed E-state index contributed by atoms with van der Waals surface area (Å²) in [6, 6.07) is 39.3. The number of rotatable bonds is 11. The number of aromatic nitrogens is 2. The lowest BCUT2D eigenvalue weighted by Gasteiger charge is -2.36. The average molecular weight is 711 g/mol. The van der Waals surface area contributed by atoms with Crippen LogP contribution < -0.4 is 10.6 Å². The number of carbonyl (C=O) groups excluding carboxylic acids is 2. The van der Waals surface area contributed by atoms with E-state index in [0.29, 0.717) is 24.2 Å². The van der Waals surface area contributed by atoms with E-state index in [0.717, 1.165) is 49.5 Å². The minimum atomic E-state index is -0.587. The normalized spacial score (nSPS) is 17.1. The van der Waals surface area contributed by atoms with E-state index in [1.54, 1.807) is 11.8 Å². The summed E-state index contributed by atoms with van der Waals surface area (Å²) in [4.78, 5) is 34.4. The van der Waals surface area contributed by atoms with Gasteiger partial charge in [-0.1, -0.05) is 84.9 Å². The fourth-order valence-electron chi connectivity index (χ4n) is 6.16. The third-order valence-corrected chi connectivity index (χ3v) is 10.0. The van der Waals surface area contributed by atoms with Crippen LogP contribution in [-0.2, 0) is 27.4 Å². The van der Waals surface area contributed by atoms with Gasteiger partial charge in [-0.25, -0.2) is 4.98 Å². The number of nitrogens with one attached hydrogen (secondary N) is 2. The molecule has 7 rings (SSSR count). The molecule has 3 atom stereocenters. The molecule has 6 aromatic rings.